The van der Waals surface area contributed by atoms with Crippen LogP contribution >= 0.6 is 0 Å². The average Bonchev–Trinajstić information content (AvgIpc) is 2.69. The highest BCUT2D eigenvalue weighted by Crippen LogP contribution is 2.16. The van der Waals surface area contributed by atoms with Gasteiger partial charge >= 0.3 is 0 Å². The van der Waals surface area contributed by atoms with Crippen molar-refractivity contribution >= 4 is 17.5 Å². The van der Waals surface area contributed by atoms with E-state index in [1.165, 1.54) is 9.91 Å². The van der Waals surface area contributed by atoms with Gasteiger partial charge in [0.15, 0.2) is 0 Å². The summed E-state index contributed by atoms with van der Waals surface area (Å²) < 4.78 is 5.33. The third-order valence-corrected chi connectivity index (χ3v) is 4.69. The van der Waals surface area contributed by atoms with Crippen LogP contribution in [0.15, 0.2) is 36.4 Å². The number of hydrazine groups is 1. The minimum absolute atomic E-state index is 0.0183. The van der Waals surface area contributed by atoms with Crippen molar-refractivity contribution in [3.63, 3.8) is 0 Å². The summed E-state index contributed by atoms with van der Waals surface area (Å²) in [5.41, 5.74) is 5.06. The van der Waals surface area contributed by atoms with Gasteiger partial charge in [-0.1, -0.05) is 30.3 Å². The highest BCUT2D eigenvalue weighted by Gasteiger charge is 2.20. The monoisotopic (exact) mass is 359 g/mol. The van der Waals surface area contributed by atoms with E-state index < -0.39 is 0 Å². The molecule has 3 N–H and O–H groups in total. The number of amides is 2. The van der Waals surface area contributed by atoms with Crippen molar-refractivity contribution in [1.29, 1.82) is 0 Å². The molecule has 0 spiro atoms. The number of nitrogens with zero attached hydrogens (tertiary/aromatic N) is 1. The number of ether oxygens (including phenoxy) is 1. The van der Waals surface area contributed by atoms with Gasteiger partial charge in [-0.05, 0) is 11.6 Å². The first-order valence-electron chi connectivity index (χ1n) is 9.23. The molecule has 140 valence electrons. The number of morpholine rings is 1. The Hall–Kier alpha value is -2.38. The van der Waals surface area contributed by atoms with Crippen molar-refractivity contribution in [2.45, 2.75) is 12.8 Å². The molecule has 26 heavy (non-hydrogen) atoms. The third kappa shape index (κ3) is 5.31. The summed E-state index contributed by atoms with van der Waals surface area (Å²) in [6, 6.07) is 9.87. The van der Waals surface area contributed by atoms with Gasteiger partial charge in [0.25, 0.3) is 0 Å². The van der Waals surface area contributed by atoms with E-state index in [0.717, 1.165) is 44.1 Å². The molecule has 0 saturated carbocycles. The summed E-state index contributed by atoms with van der Waals surface area (Å²) in [5, 5.41) is 4.48. The fourth-order valence-electron chi connectivity index (χ4n) is 3.12. The lowest BCUT2D eigenvalue weighted by Crippen LogP contribution is -3.14. The maximum Gasteiger partial charge on any atom is 0.244 e. The molecule has 1 saturated heterocycles. The van der Waals surface area contributed by atoms with E-state index in [4.69, 9.17) is 4.74 Å². The standard InChI is InChI=1S/C19H26N4O3/c24-18(20-9-11-22-12-14-26-15-13-22)8-10-23-19(25)7-6-17(21-23)16-4-2-1-3-5-16/h1-6,21H,7-15H2,(H,20,24)/p+1. The van der Waals surface area contributed by atoms with Gasteiger partial charge in [0, 0.05) is 12.8 Å². The molecule has 1 aromatic rings. The molecule has 2 heterocycles. The number of nitrogens with one attached hydrogen (secondary N) is 3. The molecule has 1 fully saturated rings. The highest BCUT2D eigenvalue weighted by atomic mass is 16.5. The molecule has 3 rings (SSSR count). The van der Waals surface area contributed by atoms with Crippen molar-refractivity contribution in [3.05, 3.63) is 42.0 Å². The van der Waals surface area contributed by atoms with E-state index in [1.54, 1.807) is 0 Å². The Labute approximate surface area is 154 Å². The molecular weight excluding hydrogens is 332 g/mol. The van der Waals surface area contributed by atoms with Gasteiger partial charge in [-0.3, -0.25) is 20.0 Å². The van der Waals surface area contributed by atoms with Crippen LogP contribution in [0.1, 0.15) is 18.4 Å². The number of hydrogen-bond acceptors (Lipinski definition) is 4. The Kier molecular flexibility index (Phi) is 6.62. The first-order valence-corrected chi connectivity index (χ1v) is 9.23. The van der Waals surface area contributed by atoms with Gasteiger partial charge < -0.3 is 15.0 Å². The Balaban J connectivity index is 1.40. The van der Waals surface area contributed by atoms with E-state index in [2.05, 4.69) is 10.7 Å². The van der Waals surface area contributed by atoms with Crippen molar-refractivity contribution in [3.8, 4) is 0 Å². The van der Waals surface area contributed by atoms with E-state index >= 15 is 0 Å². The van der Waals surface area contributed by atoms with Crippen molar-refractivity contribution in [2.75, 3.05) is 45.9 Å². The summed E-state index contributed by atoms with van der Waals surface area (Å²) in [5.74, 6) is -0.0432. The van der Waals surface area contributed by atoms with E-state index in [-0.39, 0.29) is 11.8 Å². The van der Waals surface area contributed by atoms with Crippen LogP contribution in [0.25, 0.3) is 5.70 Å². The lowest BCUT2D eigenvalue weighted by molar-refractivity contribution is -0.906. The SMILES string of the molecule is O=C(CCN1NC(c2ccccc2)=CCC1=O)NCC[NH+]1CCOCC1. The molecule has 0 aliphatic carbocycles. The average molecular weight is 359 g/mol. The second-order valence-corrected chi connectivity index (χ2v) is 6.56. The summed E-state index contributed by atoms with van der Waals surface area (Å²) in [4.78, 5) is 25.6. The van der Waals surface area contributed by atoms with Crippen LogP contribution in [0.5, 0.6) is 0 Å². The van der Waals surface area contributed by atoms with Crippen LogP contribution in [0.3, 0.4) is 0 Å². The fourth-order valence-corrected chi connectivity index (χ4v) is 3.12. The minimum atomic E-state index is -0.0249. The number of benzene rings is 1. The zero-order valence-electron chi connectivity index (χ0n) is 15.0. The first kappa shape index (κ1) is 18.4. The molecule has 0 unspecified atom stereocenters. The zero-order valence-corrected chi connectivity index (χ0v) is 15.0. The van der Waals surface area contributed by atoms with Crippen molar-refractivity contribution in [2.24, 2.45) is 0 Å². The van der Waals surface area contributed by atoms with Crippen molar-refractivity contribution in [1.82, 2.24) is 15.8 Å². The van der Waals surface area contributed by atoms with Gasteiger partial charge in [0.1, 0.15) is 13.1 Å². The number of rotatable bonds is 7. The molecule has 2 aliphatic heterocycles. The second kappa shape index (κ2) is 9.35. The summed E-state index contributed by atoms with van der Waals surface area (Å²) in [6.07, 6.45) is 2.53. The van der Waals surface area contributed by atoms with Crippen LogP contribution in [0, 0.1) is 0 Å². The maximum absolute atomic E-state index is 12.1. The van der Waals surface area contributed by atoms with Gasteiger partial charge in [-0.25, -0.2) is 0 Å². The predicted octanol–water partition coefficient (Wildman–Crippen LogP) is -0.814. The Morgan fingerprint density at radius 1 is 1.23 bits per heavy atom. The van der Waals surface area contributed by atoms with Crippen molar-refractivity contribution < 1.29 is 19.2 Å². The third-order valence-electron chi connectivity index (χ3n) is 4.69. The van der Waals surface area contributed by atoms with Crippen LogP contribution in [0.2, 0.25) is 0 Å². The molecule has 2 amide bonds. The van der Waals surface area contributed by atoms with Crippen LogP contribution in [-0.2, 0) is 14.3 Å². The van der Waals surface area contributed by atoms with Gasteiger partial charge in [-0.2, -0.15) is 0 Å². The first-order chi connectivity index (χ1) is 12.7. The molecule has 0 bridgehead atoms. The van der Waals surface area contributed by atoms with E-state index in [0.29, 0.717) is 25.9 Å². The fraction of sp³-hybridized carbons (Fsp3) is 0.474. The van der Waals surface area contributed by atoms with Crippen LogP contribution in [0.4, 0.5) is 0 Å². The van der Waals surface area contributed by atoms with Gasteiger partial charge in [-0.15, -0.1) is 0 Å². The molecule has 7 nitrogen and oxygen atoms in total. The lowest BCUT2D eigenvalue weighted by atomic mass is 10.1. The zero-order chi connectivity index (χ0) is 18.2. The van der Waals surface area contributed by atoms with Crippen LogP contribution < -0.4 is 15.6 Å². The number of quaternary nitrogens is 1. The Bertz CT molecular complexity index is 641. The van der Waals surface area contributed by atoms with Gasteiger partial charge in [0.2, 0.25) is 11.8 Å². The molecule has 7 heteroatoms. The van der Waals surface area contributed by atoms with Gasteiger partial charge in [0.05, 0.1) is 38.5 Å². The van der Waals surface area contributed by atoms with Crippen LogP contribution in [-0.4, -0.2) is 62.8 Å². The topological polar surface area (TPSA) is 75.1 Å². The number of hydrogen-bond donors (Lipinski definition) is 3. The predicted molar refractivity (Wildman–Crippen MR) is 97.9 cm³/mol. The molecule has 2 aliphatic rings. The number of carbonyl (C=O) groups is 2. The molecular formula is C19H27N4O3+. The van der Waals surface area contributed by atoms with E-state index in [9.17, 15) is 9.59 Å². The largest absolute Gasteiger partial charge is 0.370 e. The van der Waals surface area contributed by atoms with E-state index in [1.807, 2.05) is 36.4 Å². The Morgan fingerprint density at radius 2 is 2.00 bits per heavy atom. The minimum Gasteiger partial charge on any atom is -0.370 e. The Morgan fingerprint density at radius 3 is 2.77 bits per heavy atom. The summed E-state index contributed by atoms with van der Waals surface area (Å²) in [6.45, 7) is 5.51. The maximum atomic E-state index is 12.1. The normalized spacial score (nSPS) is 18.2. The smallest absolute Gasteiger partial charge is 0.244 e. The molecule has 0 atom stereocenters. The lowest BCUT2D eigenvalue weighted by Gasteiger charge is -2.29. The molecule has 0 aromatic heterocycles. The highest BCUT2D eigenvalue weighted by molar-refractivity contribution is 5.84. The number of carbonyl (C=O) groups excluding carboxylic acids is 2. The summed E-state index contributed by atoms with van der Waals surface area (Å²) >= 11 is 0. The quantitative estimate of drug-likeness (QED) is 0.595. The molecule has 0 radical (unpaired) electrons. The second-order valence-electron chi connectivity index (χ2n) is 6.56. The molecule has 1 aromatic carbocycles. The summed E-state index contributed by atoms with van der Waals surface area (Å²) in [7, 11) is 0.